The van der Waals surface area contributed by atoms with Crippen molar-refractivity contribution in [1.82, 2.24) is 4.98 Å². The predicted molar refractivity (Wildman–Crippen MR) is 110 cm³/mol. The highest BCUT2D eigenvalue weighted by atomic mass is 32.1. The topological polar surface area (TPSA) is 46.5 Å². The zero-order chi connectivity index (χ0) is 18.6. The third-order valence-electron chi connectivity index (χ3n) is 4.02. The molecule has 0 saturated heterocycles. The number of anilines is 1. The molecule has 0 spiro atoms. The fourth-order valence-electron chi connectivity index (χ4n) is 2.47. The van der Waals surface area contributed by atoms with Crippen LogP contribution in [0.4, 0.5) is 5.13 Å². The Bertz CT molecular complexity index is 892. The highest BCUT2D eigenvalue weighted by Crippen LogP contribution is 2.27. The van der Waals surface area contributed by atoms with Crippen molar-refractivity contribution in [3.63, 3.8) is 0 Å². The van der Waals surface area contributed by atoms with Crippen LogP contribution in [0.1, 0.15) is 31.9 Å². The summed E-state index contributed by atoms with van der Waals surface area (Å²) in [7, 11) is 1.66. The van der Waals surface area contributed by atoms with E-state index >= 15 is 0 Å². The van der Waals surface area contributed by atoms with E-state index in [9.17, 15) is 0 Å². The highest BCUT2D eigenvalue weighted by molar-refractivity contribution is 7.14. The molecule has 0 aliphatic rings. The number of hydrogen-bond acceptors (Lipinski definition) is 5. The van der Waals surface area contributed by atoms with Gasteiger partial charge < -0.3 is 4.74 Å². The molecule has 134 valence electrons. The standard InChI is InChI=1S/C21H23N3OS/c1-21(2,3)17-10-8-15(9-11-17)13-22-24-20-23-19(14-26-20)16-6-5-7-18(12-16)25-4/h5-14H,1-4H3,(H,23,24)/b22-13-. The van der Waals surface area contributed by atoms with E-state index in [2.05, 4.69) is 60.5 Å². The van der Waals surface area contributed by atoms with Gasteiger partial charge in [0.25, 0.3) is 0 Å². The first-order valence-corrected chi connectivity index (χ1v) is 9.33. The van der Waals surface area contributed by atoms with E-state index in [0.29, 0.717) is 0 Å². The van der Waals surface area contributed by atoms with Gasteiger partial charge in [-0.05, 0) is 28.7 Å². The summed E-state index contributed by atoms with van der Waals surface area (Å²) in [6, 6.07) is 16.3. The number of nitrogens with one attached hydrogen (secondary N) is 1. The van der Waals surface area contributed by atoms with Gasteiger partial charge in [-0.15, -0.1) is 11.3 Å². The van der Waals surface area contributed by atoms with Crippen molar-refractivity contribution in [2.45, 2.75) is 26.2 Å². The molecule has 0 aliphatic carbocycles. The number of hydrogen-bond donors (Lipinski definition) is 1. The molecule has 5 heteroatoms. The maximum absolute atomic E-state index is 5.26. The second kappa shape index (κ2) is 7.70. The fourth-order valence-corrected chi connectivity index (χ4v) is 3.14. The first-order valence-electron chi connectivity index (χ1n) is 8.45. The number of hydrazone groups is 1. The molecular formula is C21H23N3OS. The molecule has 0 bridgehead atoms. The number of nitrogens with zero attached hydrogens (tertiary/aromatic N) is 2. The lowest BCUT2D eigenvalue weighted by Crippen LogP contribution is -2.10. The summed E-state index contributed by atoms with van der Waals surface area (Å²) in [5, 5.41) is 7.05. The molecule has 2 aromatic carbocycles. The first kappa shape index (κ1) is 18.1. The van der Waals surface area contributed by atoms with Gasteiger partial charge >= 0.3 is 0 Å². The predicted octanol–water partition coefficient (Wildman–Crippen LogP) is 5.56. The van der Waals surface area contributed by atoms with Crippen molar-refractivity contribution in [3.05, 3.63) is 65.0 Å². The van der Waals surface area contributed by atoms with E-state index in [-0.39, 0.29) is 5.41 Å². The molecule has 0 saturated carbocycles. The minimum absolute atomic E-state index is 0.158. The number of aromatic nitrogens is 1. The van der Waals surface area contributed by atoms with Crippen molar-refractivity contribution >= 4 is 22.7 Å². The van der Waals surface area contributed by atoms with Crippen LogP contribution in [-0.2, 0) is 5.41 Å². The molecule has 0 amide bonds. The van der Waals surface area contributed by atoms with Crippen LogP contribution in [0.5, 0.6) is 5.75 Å². The second-order valence-electron chi connectivity index (χ2n) is 7.01. The average molecular weight is 366 g/mol. The van der Waals surface area contributed by atoms with E-state index in [1.54, 1.807) is 13.3 Å². The molecule has 3 rings (SSSR count). The van der Waals surface area contributed by atoms with E-state index in [0.717, 1.165) is 27.7 Å². The molecule has 0 unspecified atom stereocenters. The van der Waals surface area contributed by atoms with Crippen LogP contribution in [0.2, 0.25) is 0 Å². The van der Waals surface area contributed by atoms with Crippen molar-refractivity contribution in [2.75, 3.05) is 12.5 Å². The Balaban J connectivity index is 1.65. The number of rotatable bonds is 5. The smallest absolute Gasteiger partial charge is 0.203 e. The summed E-state index contributed by atoms with van der Waals surface area (Å²) in [5.74, 6) is 0.821. The Kier molecular flexibility index (Phi) is 5.38. The van der Waals surface area contributed by atoms with Crippen LogP contribution < -0.4 is 10.2 Å². The molecule has 1 heterocycles. The molecule has 3 aromatic rings. The third-order valence-corrected chi connectivity index (χ3v) is 4.77. The molecule has 0 aliphatic heterocycles. The minimum Gasteiger partial charge on any atom is -0.497 e. The lowest BCUT2D eigenvalue weighted by molar-refractivity contribution is 0.415. The summed E-state index contributed by atoms with van der Waals surface area (Å²) in [6.45, 7) is 6.63. The Morgan fingerprint density at radius 3 is 2.58 bits per heavy atom. The van der Waals surface area contributed by atoms with Gasteiger partial charge in [-0.3, -0.25) is 5.43 Å². The van der Waals surface area contributed by atoms with Gasteiger partial charge in [-0.2, -0.15) is 5.10 Å². The van der Waals surface area contributed by atoms with E-state index < -0.39 is 0 Å². The van der Waals surface area contributed by atoms with Gasteiger partial charge in [0.1, 0.15) is 5.75 Å². The van der Waals surface area contributed by atoms with Gasteiger partial charge in [0, 0.05) is 10.9 Å². The third kappa shape index (κ3) is 4.49. The van der Waals surface area contributed by atoms with Gasteiger partial charge in [0.2, 0.25) is 5.13 Å². The molecule has 0 atom stereocenters. The van der Waals surface area contributed by atoms with Gasteiger partial charge in [0.15, 0.2) is 0 Å². The van der Waals surface area contributed by atoms with Crippen LogP contribution in [0.25, 0.3) is 11.3 Å². The SMILES string of the molecule is COc1cccc(-c2csc(N/N=C\c3ccc(C(C)(C)C)cc3)n2)c1. The molecular weight excluding hydrogens is 342 g/mol. The minimum atomic E-state index is 0.158. The van der Waals surface area contributed by atoms with Gasteiger partial charge in [-0.25, -0.2) is 4.98 Å². The fraction of sp³-hybridized carbons (Fsp3) is 0.238. The van der Waals surface area contributed by atoms with Crippen LogP contribution >= 0.6 is 11.3 Å². The first-order chi connectivity index (χ1) is 12.5. The second-order valence-corrected chi connectivity index (χ2v) is 7.87. The lowest BCUT2D eigenvalue weighted by Gasteiger charge is -2.18. The number of thiazole rings is 1. The van der Waals surface area contributed by atoms with Crippen molar-refractivity contribution in [2.24, 2.45) is 5.10 Å². The maximum Gasteiger partial charge on any atom is 0.203 e. The van der Waals surface area contributed by atoms with E-state index in [1.807, 2.05) is 29.6 Å². The lowest BCUT2D eigenvalue weighted by atomic mass is 9.87. The van der Waals surface area contributed by atoms with Crippen molar-refractivity contribution in [1.29, 1.82) is 0 Å². The Morgan fingerprint density at radius 1 is 1.12 bits per heavy atom. The molecule has 0 fully saturated rings. The van der Waals surface area contributed by atoms with Crippen molar-refractivity contribution < 1.29 is 4.74 Å². The molecule has 1 N–H and O–H groups in total. The molecule has 1 aromatic heterocycles. The molecule has 4 nitrogen and oxygen atoms in total. The van der Waals surface area contributed by atoms with Crippen molar-refractivity contribution in [3.8, 4) is 17.0 Å². The Labute approximate surface area is 158 Å². The monoisotopic (exact) mass is 365 g/mol. The maximum atomic E-state index is 5.26. The normalized spacial score (nSPS) is 11.7. The highest BCUT2D eigenvalue weighted by Gasteiger charge is 2.12. The zero-order valence-electron chi connectivity index (χ0n) is 15.5. The summed E-state index contributed by atoms with van der Waals surface area (Å²) in [5.41, 5.74) is 7.45. The largest absolute Gasteiger partial charge is 0.497 e. The summed E-state index contributed by atoms with van der Waals surface area (Å²) in [6.07, 6.45) is 1.80. The Morgan fingerprint density at radius 2 is 1.88 bits per heavy atom. The number of methoxy groups -OCH3 is 1. The quantitative estimate of drug-likeness (QED) is 0.475. The van der Waals surface area contributed by atoms with Crippen LogP contribution in [0.15, 0.2) is 59.0 Å². The van der Waals surface area contributed by atoms with Gasteiger partial charge in [-0.1, -0.05) is 57.2 Å². The summed E-state index contributed by atoms with van der Waals surface area (Å²) < 4.78 is 5.26. The number of ether oxygens (including phenoxy) is 1. The Hall–Kier alpha value is -2.66. The summed E-state index contributed by atoms with van der Waals surface area (Å²) >= 11 is 1.52. The van der Waals surface area contributed by atoms with E-state index in [1.165, 1.54) is 16.9 Å². The molecule has 0 radical (unpaired) electrons. The summed E-state index contributed by atoms with van der Waals surface area (Å²) in [4.78, 5) is 4.57. The average Bonchev–Trinajstić information content (AvgIpc) is 3.10. The van der Waals surface area contributed by atoms with Crippen LogP contribution in [0.3, 0.4) is 0 Å². The van der Waals surface area contributed by atoms with Crippen LogP contribution in [-0.4, -0.2) is 18.3 Å². The van der Waals surface area contributed by atoms with E-state index in [4.69, 9.17) is 4.74 Å². The van der Waals surface area contributed by atoms with Crippen LogP contribution in [0, 0.1) is 0 Å². The zero-order valence-corrected chi connectivity index (χ0v) is 16.3. The number of benzene rings is 2. The van der Waals surface area contributed by atoms with Gasteiger partial charge in [0.05, 0.1) is 19.0 Å². The molecule has 26 heavy (non-hydrogen) atoms.